The van der Waals surface area contributed by atoms with E-state index >= 15 is 0 Å². The molecule has 1 spiro atoms. The minimum Gasteiger partial charge on any atom is -0.448 e. The minimum atomic E-state index is -0.485. The van der Waals surface area contributed by atoms with Crippen molar-refractivity contribution in [3.8, 4) is 11.5 Å². The standard InChI is InChI=1S/C22H27N5O3S/c28-19(23-15-5-8-17-18(13-15)30-22(29-17)9-1-2-10-22)14-31-21-25-24-20(26-11-3-4-12-26)27(21)16-6-7-16/h5,8,13,16H,1-4,6-7,9-12,14H2,(H,23,28). The number of carbonyl (C=O) groups excluding carboxylic acids is 1. The summed E-state index contributed by atoms with van der Waals surface area (Å²) in [7, 11) is 0. The van der Waals surface area contributed by atoms with E-state index in [-0.39, 0.29) is 5.91 Å². The van der Waals surface area contributed by atoms with Crippen LogP contribution in [0, 0.1) is 0 Å². The Morgan fingerprint density at radius 2 is 1.87 bits per heavy atom. The summed E-state index contributed by atoms with van der Waals surface area (Å²) in [6.07, 6.45) is 8.83. The molecule has 31 heavy (non-hydrogen) atoms. The Bertz CT molecular complexity index is 993. The maximum Gasteiger partial charge on any atom is 0.251 e. The first-order chi connectivity index (χ1) is 15.2. The Morgan fingerprint density at radius 3 is 2.65 bits per heavy atom. The van der Waals surface area contributed by atoms with Gasteiger partial charge in [-0.05, 0) is 50.7 Å². The molecule has 164 valence electrons. The number of hydrogen-bond acceptors (Lipinski definition) is 7. The maximum atomic E-state index is 12.6. The molecule has 1 N–H and O–H groups in total. The Labute approximate surface area is 185 Å². The van der Waals surface area contributed by atoms with Crippen molar-refractivity contribution in [2.45, 2.75) is 68.4 Å². The van der Waals surface area contributed by atoms with Gasteiger partial charge in [-0.2, -0.15) is 0 Å². The molecule has 1 amide bonds. The fourth-order valence-electron chi connectivity index (χ4n) is 4.77. The highest BCUT2D eigenvalue weighted by Gasteiger charge is 2.44. The molecule has 2 aliphatic heterocycles. The monoisotopic (exact) mass is 441 g/mol. The minimum absolute atomic E-state index is 0.0625. The first-order valence-electron chi connectivity index (χ1n) is 11.3. The molecule has 3 fully saturated rings. The molecule has 0 unspecified atom stereocenters. The normalized spacial score (nSPS) is 21.2. The van der Waals surface area contributed by atoms with Gasteiger partial charge in [0.2, 0.25) is 11.9 Å². The lowest BCUT2D eigenvalue weighted by Crippen LogP contribution is -2.34. The SMILES string of the molecule is O=C(CSc1nnc(N2CCCC2)n1C1CC1)Nc1ccc2c(c1)OC1(CCCC1)O2. The van der Waals surface area contributed by atoms with Gasteiger partial charge in [-0.25, -0.2) is 0 Å². The van der Waals surface area contributed by atoms with Crippen LogP contribution >= 0.6 is 11.8 Å². The Balaban J connectivity index is 1.10. The lowest BCUT2D eigenvalue weighted by Gasteiger charge is -2.21. The second kappa shape index (κ2) is 7.62. The average Bonchev–Trinajstić information content (AvgIpc) is 3.19. The summed E-state index contributed by atoms with van der Waals surface area (Å²) in [5.74, 6) is 2.20. The molecule has 1 saturated heterocycles. The van der Waals surface area contributed by atoms with Crippen LogP contribution in [-0.2, 0) is 4.79 Å². The second-order valence-electron chi connectivity index (χ2n) is 8.90. The molecule has 0 radical (unpaired) electrons. The van der Waals surface area contributed by atoms with E-state index in [0.29, 0.717) is 11.8 Å². The van der Waals surface area contributed by atoms with Crippen molar-refractivity contribution in [2.24, 2.45) is 0 Å². The number of amides is 1. The third kappa shape index (κ3) is 3.73. The third-order valence-electron chi connectivity index (χ3n) is 6.46. The number of rotatable bonds is 6. The van der Waals surface area contributed by atoms with E-state index in [1.165, 1.54) is 24.6 Å². The highest BCUT2D eigenvalue weighted by molar-refractivity contribution is 7.99. The number of nitrogens with zero attached hydrogens (tertiary/aromatic N) is 4. The fraction of sp³-hybridized carbons (Fsp3) is 0.591. The highest BCUT2D eigenvalue weighted by atomic mass is 32.2. The van der Waals surface area contributed by atoms with E-state index in [2.05, 4.69) is 25.0 Å². The molecular weight excluding hydrogens is 414 g/mol. The number of carbonyl (C=O) groups is 1. The van der Waals surface area contributed by atoms with Crippen LogP contribution in [0.25, 0.3) is 0 Å². The molecule has 2 saturated carbocycles. The summed E-state index contributed by atoms with van der Waals surface area (Å²) in [6, 6.07) is 6.10. The number of ether oxygens (including phenoxy) is 2. The van der Waals surface area contributed by atoms with Crippen molar-refractivity contribution in [3.63, 3.8) is 0 Å². The summed E-state index contributed by atoms with van der Waals surface area (Å²) in [5, 5.41) is 12.7. The molecule has 6 rings (SSSR count). The van der Waals surface area contributed by atoms with Crippen LogP contribution in [0.2, 0.25) is 0 Å². The molecule has 0 atom stereocenters. The van der Waals surface area contributed by atoms with Crippen LogP contribution in [0.15, 0.2) is 23.4 Å². The second-order valence-corrected chi connectivity index (χ2v) is 9.84. The largest absolute Gasteiger partial charge is 0.448 e. The number of fused-ring (bicyclic) bond motifs is 1. The average molecular weight is 442 g/mol. The van der Waals surface area contributed by atoms with Gasteiger partial charge in [-0.3, -0.25) is 9.36 Å². The zero-order valence-electron chi connectivity index (χ0n) is 17.5. The van der Waals surface area contributed by atoms with Gasteiger partial charge in [0.25, 0.3) is 5.79 Å². The zero-order chi connectivity index (χ0) is 20.8. The quantitative estimate of drug-likeness (QED) is 0.679. The van der Waals surface area contributed by atoms with Crippen molar-refractivity contribution in [3.05, 3.63) is 18.2 Å². The van der Waals surface area contributed by atoms with Crippen LogP contribution in [0.1, 0.15) is 57.4 Å². The number of aromatic nitrogens is 3. The molecule has 2 aliphatic carbocycles. The van der Waals surface area contributed by atoms with Crippen LogP contribution in [-0.4, -0.2) is 45.3 Å². The number of hydrogen-bond donors (Lipinski definition) is 1. The molecule has 2 aromatic rings. The van der Waals surface area contributed by atoms with E-state index in [9.17, 15) is 4.79 Å². The molecule has 9 heteroatoms. The lowest BCUT2D eigenvalue weighted by atomic mass is 10.2. The van der Waals surface area contributed by atoms with Gasteiger partial charge in [-0.1, -0.05) is 11.8 Å². The molecule has 0 bridgehead atoms. The fourth-order valence-corrected chi connectivity index (χ4v) is 5.57. The van der Waals surface area contributed by atoms with E-state index in [1.807, 2.05) is 18.2 Å². The van der Waals surface area contributed by atoms with Gasteiger partial charge >= 0.3 is 0 Å². The molecule has 4 aliphatic rings. The van der Waals surface area contributed by atoms with Crippen LogP contribution in [0.4, 0.5) is 11.6 Å². The Morgan fingerprint density at radius 1 is 1.10 bits per heavy atom. The first kappa shape index (κ1) is 19.3. The lowest BCUT2D eigenvalue weighted by molar-refractivity contribution is -0.113. The summed E-state index contributed by atoms with van der Waals surface area (Å²) in [5.41, 5.74) is 0.726. The van der Waals surface area contributed by atoms with Crippen LogP contribution in [0.5, 0.6) is 11.5 Å². The van der Waals surface area contributed by atoms with E-state index < -0.39 is 5.79 Å². The molecule has 3 heterocycles. The van der Waals surface area contributed by atoms with E-state index in [4.69, 9.17) is 9.47 Å². The van der Waals surface area contributed by atoms with E-state index in [1.54, 1.807) is 0 Å². The van der Waals surface area contributed by atoms with Gasteiger partial charge in [0.05, 0.1) is 5.75 Å². The van der Waals surface area contributed by atoms with Gasteiger partial charge in [-0.15, -0.1) is 10.2 Å². The Hall–Kier alpha value is -2.42. The summed E-state index contributed by atoms with van der Waals surface area (Å²) in [6.45, 7) is 2.09. The van der Waals surface area contributed by atoms with Crippen molar-refractivity contribution in [2.75, 3.05) is 29.1 Å². The molecule has 1 aromatic carbocycles. The van der Waals surface area contributed by atoms with Gasteiger partial charge in [0, 0.05) is 43.7 Å². The number of nitrogens with one attached hydrogen (secondary N) is 1. The molecule has 8 nitrogen and oxygen atoms in total. The van der Waals surface area contributed by atoms with Crippen LogP contribution in [0.3, 0.4) is 0 Å². The van der Waals surface area contributed by atoms with Crippen molar-refractivity contribution in [1.82, 2.24) is 14.8 Å². The van der Waals surface area contributed by atoms with E-state index in [0.717, 1.165) is 79.9 Å². The number of anilines is 2. The predicted octanol–water partition coefficient (Wildman–Crippen LogP) is 3.99. The Kier molecular flexibility index (Phi) is 4.74. The number of thioether (sulfide) groups is 1. The summed E-state index contributed by atoms with van der Waals surface area (Å²) in [4.78, 5) is 14.9. The van der Waals surface area contributed by atoms with Gasteiger partial charge in [0.1, 0.15) is 0 Å². The third-order valence-corrected chi connectivity index (χ3v) is 7.41. The van der Waals surface area contributed by atoms with Gasteiger partial charge in [0.15, 0.2) is 16.7 Å². The zero-order valence-corrected chi connectivity index (χ0v) is 18.3. The predicted molar refractivity (Wildman–Crippen MR) is 118 cm³/mol. The van der Waals surface area contributed by atoms with Crippen LogP contribution < -0.4 is 19.7 Å². The van der Waals surface area contributed by atoms with Gasteiger partial charge < -0.3 is 19.7 Å². The number of benzene rings is 1. The highest BCUT2D eigenvalue weighted by Crippen LogP contribution is 2.47. The van der Waals surface area contributed by atoms with Crippen molar-refractivity contribution in [1.29, 1.82) is 0 Å². The summed E-state index contributed by atoms with van der Waals surface area (Å²) >= 11 is 1.46. The molecular formula is C22H27N5O3S. The van der Waals surface area contributed by atoms with Crippen molar-refractivity contribution >= 4 is 29.3 Å². The topological polar surface area (TPSA) is 81.5 Å². The summed E-state index contributed by atoms with van der Waals surface area (Å²) < 4.78 is 14.4. The smallest absolute Gasteiger partial charge is 0.251 e. The molecule has 1 aromatic heterocycles. The maximum absolute atomic E-state index is 12.6. The first-order valence-corrected chi connectivity index (χ1v) is 12.3. The van der Waals surface area contributed by atoms with Crippen molar-refractivity contribution < 1.29 is 14.3 Å².